The van der Waals surface area contributed by atoms with Crippen molar-refractivity contribution >= 4 is 11.9 Å². The van der Waals surface area contributed by atoms with Crippen LogP contribution in [0.15, 0.2) is 0 Å². The van der Waals surface area contributed by atoms with Gasteiger partial charge in [0, 0.05) is 0 Å². The minimum atomic E-state index is -5.08. The van der Waals surface area contributed by atoms with Crippen LogP contribution in [-0.2, 0) is 14.3 Å². The molecule has 0 amide bonds. The van der Waals surface area contributed by atoms with Gasteiger partial charge in [-0.1, -0.05) is 6.92 Å². The van der Waals surface area contributed by atoms with Crippen molar-refractivity contribution in [1.82, 2.24) is 0 Å². The quantitative estimate of drug-likeness (QED) is 0.616. The summed E-state index contributed by atoms with van der Waals surface area (Å²) < 4.78 is 69.4. The van der Waals surface area contributed by atoms with E-state index in [4.69, 9.17) is 9.90 Å². The normalized spacial score (nSPS) is 11.2. The number of carbonyl (C=O) groups is 2. The lowest BCUT2D eigenvalue weighted by molar-refractivity contribution is -0.199. The number of halogens is 6. The van der Waals surface area contributed by atoms with Crippen LogP contribution >= 0.6 is 0 Å². The summed E-state index contributed by atoms with van der Waals surface area (Å²) in [4.78, 5) is 18.8. The summed E-state index contributed by atoms with van der Waals surface area (Å²) in [7, 11) is 0. The molecule has 4 nitrogen and oxygen atoms in total. The van der Waals surface area contributed by atoms with Crippen LogP contribution in [0.4, 0.5) is 26.3 Å². The second kappa shape index (κ2) is 6.97. The van der Waals surface area contributed by atoms with E-state index in [2.05, 4.69) is 4.74 Å². The van der Waals surface area contributed by atoms with Crippen LogP contribution in [0.2, 0.25) is 0 Å². The zero-order valence-corrected chi connectivity index (χ0v) is 8.35. The number of carbonyl (C=O) groups excluding carboxylic acids is 1. The molecule has 0 atom stereocenters. The van der Waals surface area contributed by atoms with E-state index in [9.17, 15) is 31.1 Å². The fraction of sp³-hybridized carbons (Fsp3) is 0.714. The first-order valence-electron chi connectivity index (χ1n) is 3.97. The van der Waals surface area contributed by atoms with Crippen LogP contribution in [0.1, 0.15) is 13.3 Å². The van der Waals surface area contributed by atoms with Crippen LogP contribution in [-0.4, -0.2) is 36.0 Å². The minimum Gasteiger partial charge on any atom is -0.475 e. The lowest BCUT2D eigenvalue weighted by Crippen LogP contribution is -2.25. The van der Waals surface area contributed by atoms with Crippen molar-refractivity contribution in [2.75, 3.05) is 6.61 Å². The molecule has 0 saturated carbocycles. The first kappa shape index (κ1) is 17.9. The van der Waals surface area contributed by atoms with Crippen molar-refractivity contribution in [1.29, 1.82) is 0 Å². The Hall–Kier alpha value is -1.48. The van der Waals surface area contributed by atoms with Crippen LogP contribution in [0.25, 0.3) is 0 Å². The molecular formula is C7H8F6O4. The van der Waals surface area contributed by atoms with Crippen molar-refractivity contribution in [2.45, 2.75) is 25.7 Å². The Labute approximate surface area is 91.2 Å². The molecule has 1 N–H and O–H groups in total. The van der Waals surface area contributed by atoms with Gasteiger partial charge >= 0.3 is 24.3 Å². The Morgan fingerprint density at radius 2 is 1.41 bits per heavy atom. The molecule has 0 rings (SSSR count). The summed E-state index contributed by atoms with van der Waals surface area (Å²) in [6.45, 7) is 1.43. The summed E-state index contributed by atoms with van der Waals surface area (Å²) in [5.41, 5.74) is 0. The Kier molecular flexibility index (Phi) is 7.33. The monoisotopic (exact) mass is 270 g/mol. The fourth-order valence-electron chi connectivity index (χ4n) is 0.277. The first-order valence-corrected chi connectivity index (χ1v) is 3.97. The van der Waals surface area contributed by atoms with E-state index >= 15 is 0 Å². The van der Waals surface area contributed by atoms with Gasteiger partial charge in [-0.2, -0.15) is 26.3 Å². The van der Waals surface area contributed by atoms with Gasteiger partial charge in [-0.3, -0.25) is 0 Å². The zero-order chi connectivity index (χ0) is 14.3. The summed E-state index contributed by atoms with van der Waals surface area (Å²) in [6, 6.07) is 0. The third-order valence-corrected chi connectivity index (χ3v) is 0.911. The number of hydrogen-bond donors (Lipinski definition) is 1. The number of esters is 1. The zero-order valence-electron chi connectivity index (χ0n) is 8.35. The molecular weight excluding hydrogens is 262 g/mol. The smallest absolute Gasteiger partial charge is 0.475 e. The standard InChI is InChI=1S/C5H7F3O2.C2HF3O2/c1-2-3-10-4(9)5(6,7)8;3-2(4,5)1(6)7/h2-3H2,1H3;(H,6,7). The number of hydrogen-bond acceptors (Lipinski definition) is 3. The number of ether oxygens (including phenoxy) is 1. The molecule has 0 aromatic carbocycles. The highest BCUT2D eigenvalue weighted by molar-refractivity contribution is 5.75. The summed E-state index contributed by atoms with van der Waals surface area (Å²) in [6.07, 6.45) is -9.54. The number of carboxylic acids is 1. The van der Waals surface area contributed by atoms with E-state index < -0.39 is 24.3 Å². The summed E-state index contributed by atoms with van der Waals surface area (Å²) in [5.74, 6) is -4.87. The van der Waals surface area contributed by atoms with Gasteiger partial charge in [-0.05, 0) is 6.42 Å². The predicted molar refractivity (Wildman–Crippen MR) is 41.0 cm³/mol. The lowest BCUT2D eigenvalue weighted by atomic mass is 10.5. The maximum absolute atomic E-state index is 11.3. The fourth-order valence-corrected chi connectivity index (χ4v) is 0.277. The molecule has 0 spiro atoms. The van der Waals surface area contributed by atoms with E-state index in [1.54, 1.807) is 6.92 Å². The van der Waals surface area contributed by atoms with Gasteiger partial charge in [-0.25, -0.2) is 9.59 Å². The van der Waals surface area contributed by atoms with Crippen molar-refractivity contribution in [2.24, 2.45) is 0 Å². The molecule has 0 aliphatic carbocycles. The summed E-state index contributed by atoms with van der Waals surface area (Å²) >= 11 is 0. The van der Waals surface area contributed by atoms with Crippen molar-refractivity contribution in [3.63, 3.8) is 0 Å². The Morgan fingerprint density at radius 1 is 1.06 bits per heavy atom. The number of rotatable bonds is 2. The van der Waals surface area contributed by atoms with E-state index in [0.717, 1.165) is 0 Å². The highest BCUT2D eigenvalue weighted by Gasteiger charge is 2.40. The molecule has 0 saturated heterocycles. The summed E-state index contributed by atoms with van der Waals surface area (Å²) in [5, 5.41) is 7.12. The molecule has 0 bridgehead atoms. The molecule has 10 heteroatoms. The van der Waals surface area contributed by atoms with Crippen molar-refractivity contribution in [3.8, 4) is 0 Å². The number of alkyl halides is 6. The van der Waals surface area contributed by atoms with E-state index in [-0.39, 0.29) is 6.61 Å². The molecule has 0 aliphatic heterocycles. The molecule has 102 valence electrons. The van der Waals surface area contributed by atoms with Crippen LogP contribution in [0, 0.1) is 0 Å². The average molecular weight is 270 g/mol. The maximum Gasteiger partial charge on any atom is 0.490 e. The van der Waals surface area contributed by atoms with Crippen LogP contribution in [0.3, 0.4) is 0 Å². The van der Waals surface area contributed by atoms with E-state index in [0.29, 0.717) is 6.42 Å². The van der Waals surface area contributed by atoms with E-state index in [1.807, 2.05) is 0 Å². The van der Waals surface area contributed by atoms with Gasteiger partial charge in [0.25, 0.3) is 0 Å². The molecule has 0 unspecified atom stereocenters. The number of carboxylic acid groups (broad SMARTS) is 1. The highest BCUT2D eigenvalue weighted by Crippen LogP contribution is 2.16. The van der Waals surface area contributed by atoms with Gasteiger partial charge in [0.2, 0.25) is 0 Å². The molecule has 0 fully saturated rings. The Balaban J connectivity index is 0. The van der Waals surface area contributed by atoms with Gasteiger partial charge in [0.05, 0.1) is 6.61 Å². The first-order chi connectivity index (χ1) is 7.42. The minimum absolute atomic E-state index is 0.182. The maximum atomic E-state index is 11.3. The van der Waals surface area contributed by atoms with Crippen LogP contribution < -0.4 is 0 Å². The Morgan fingerprint density at radius 3 is 1.59 bits per heavy atom. The molecule has 0 aliphatic rings. The highest BCUT2D eigenvalue weighted by atomic mass is 19.4. The van der Waals surface area contributed by atoms with Gasteiger partial charge in [0.15, 0.2) is 0 Å². The molecule has 0 radical (unpaired) electrons. The topological polar surface area (TPSA) is 63.6 Å². The average Bonchev–Trinajstić information content (AvgIpc) is 2.11. The van der Waals surface area contributed by atoms with Gasteiger partial charge in [-0.15, -0.1) is 0 Å². The SMILES string of the molecule is CCCOC(=O)C(F)(F)F.O=C(O)C(F)(F)F. The van der Waals surface area contributed by atoms with Gasteiger partial charge < -0.3 is 9.84 Å². The Bertz CT molecular complexity index is 256. The van der Waals surface area contributed by atoms with Gasteiger partial charge in [0.1, 0.15) is 0 Å². The molecule has 17 heavy (non-hydrogen) atoms. The van der Waals surface area contributed by atoms with E-state index in [1.165, 1.54) is 0 Å². The van der Waals surface area contributed by atoms with Crippen LogP contribution in [0.5, 0.6) is 0 Å². The number of aliphatic carboxylic acids is 1. The largest absolute Gasteiger partial charge is 0.490 e. The van der Waals surface area contributed by atoms with Crippen molar-refractivity contribution < 1.29 is 45.8 Å². The second-order valence-electron chi connectivity index (χ2n) is 2.44. The van der Waals surface area contributed by atoms with Crippen molar-refractivity contribution in [3.05, 3.63) is 0 Å². The molecule has 0 heterocycles. The second-order valence-corrected chi connectivity index (χ2v) is 2.44. The third-order valence-electron chi connectivity index (χ3n) is 0.911. The third kappa shape index (κ3) is 10.8. The lowest BCUT2D eigenvalue weighted by Gasteiger charge is -2.04. The molecule has 0 aromatic rings. The molecule has 0 aromatic heterocycles. The predicted octanol–water partition coefficient (Wildman–Crippen LogP) is 2.14.